The lowest BCUT2D eigenvalue weighted by Gasteiger charge is -2.13. The van der Waals surface area contributed by atoms with E-state index in [2.05, 4.69) is 5.32 Å². The summed E-state index contributed by atoms with van der Waals surface area (Å²) in [6, 6.07) is 6.98. The van der Waals surface area contributed by atoms with E-state index in [1.54, 1.807) is 0 Å². The minimum Gasteiger partial charge on any atom is -0.398 e. The van der Waals surface area contributed by atoms with Crippen molar-refractivity contribution in [1.29, 1.82) is 0 Å². The minimum absolute atomic E-state index is 0.0182. The normalized spacial score (nSPS) is 11.4. The van der Waals surface area contributed by atoms with E-state index in [-0.39, 0.29) is 16.4 Å². The number of anilines is 3. The maximum atomic E-state index is 13.5. The molecule has 2 aromatic rings. The van der Waals surface area contributed by atoms with Crippen LogP contribution in [0.25, 0.3) is 0 Å². The van der Waals surface area contributed by atoms with Crippen LogP contribution in [0.5, 0.6) is 0 Å². The zero-order valence-corrected chi connectivity index (χ0v) is 10.7. The van der Waals surface area contributed by atoms with E-state index >= 15 is 0 Å². The Hall–Kier alpha value is -1.95. The van der Waals surface area contributed by atoms with Crippen molar-refractivity contribution in [2.24, 2.45) is 0 Å². The molecule has 7 heteroatoms. The molecule has 2 nitrogen and oxygen atoms in total. The summed E-state index contributed by atoms with van der Waals surface area (Å²) in [5, 5.41) is 2.80. The molecule has 0 amide bonds. The molecular formula is C13H9ClF4N2. The third kappa shape index (κ3) is 3.14. The van der Waals surface area contributed by atoms with Gasteiger partial charge in [-0.2, -0.15) is 13.2 Å². The molecule has 0 spiro atoms. The Balaban J connectivity index is 2.37. The van der Waals surface area contributed by atoms with Crippen molar-refractivity contribution in [2.75, 3.05) is 11.1 Å². The molecule has 0 saturated heterocycles. The lowest BCUT2D eigenvalue weighted by Crippen LogP contribution is -2.09. The fraction of sp³-hybridized carbons (Fsp3) is 0.0769. The Morgan fingerprint density at radius 2 is 1.75 bits per heavy atom. The second kappa shape index (κ2) is 5.20. The Labute approximate surface area is 117 Å². The molecule has 0 radical (unpaired) electrons. The highest BCUT2D eigenvalue weighted by molar-refractivity contribution is 6.30. The molecule has 0 bridgehead atoms. The Kier molecular flexibility index (Phi) is 3.76. The molecule has 0 aliphatic carbocycles. The van der Waals surface area contributed by atoms with Crippen LogP contribution >= 0.6 is 11.6 Å². The fourth-order valence-electron chi connectivity index (χ4n) is 1.63. The quantitative estimate of drug-likeness (QED) is 0.616. The van der Waals surface area contributed by atoms with Gasteiger partial charge in [0.25, 0.3) is 0 Å². The van der Waals surface area contributed by atoms with Crippen LogP contribution in [0.3, 0.4) is 0 Å². The number of rotatable bonds is 2. The highest BCUT2D eigenvalue weighted by Gasteiger charge is 2.33. The second-order valence-electron chi connectivity index (χ2n) is 4.05. The van der Waals surface area contributed by atoms with Gasteiger partial charge in [-0.15, -0.1) is 0 Å². The summed E-state index contributed by atoms with van der Waals surface area (Å²) in [6.45, 7) is 0. The molecule has 2 rings (SSSR count). The number of hydrogen-bond acceptors (Lipinski definition) is 2. The average Bonchev–Trinajstić information content (AvgIpc) is 2.35. The van der Waals surface area contributed by atoms with Gasteiger partial charge in [-0.25, -0.2) is 4.39 Å². The minimum atomic E-state index is -4.57. The van der Waals surface area contributed by atoms with E-state index in [4.69, 9.17) is 17.3 Å². The van der Waals surface area contributed by atoms with Crippen molar-refractivity contribution in [3.8, 4) is 0 Å². The summed E-state index contributed by atoms with van der Waals surface area (Å²) in [6.07, 6.45) is -4.57. The van der Waals surface area contributed by atoms with Gasteiger partial charge in [0.15, 0.2) is 0 Å². The summed E-state index contributed by atoms with van der Waals surface area (Å²) >= 11 is 5.71. The highest BCUT2D eigenvalue weighted by atomic mass is 35.5. The van der Waals surface area contributed by atoms with Gasteiger partial charge in [-0.3, -0.25) is 0 Å². The molecule has 2 aromatic carbocycles. The first-order valence-corrected chi connectivity index (χ1v) is 5.84. The summed E-state index contributed by atoms with van der Waals surface area (Å²) in [5.41, 5.74) is 3.95. The first-order chi connectivity index (χ1) is 9.27. The van der Waals surface area contributed by atoms with Crippen LogP contribution in [0, 0.1) is 5.82 Å². The molecule has 0 heterocycles. The fourth-order valence-corrected chi connectivity index (χ4v) is 1.80. The number of nitrogens with two attached hydrogens (primary N) is 1. The predicted molar refractivity (Wildman–Crippen MR) is 70.5 cm³/mol. The molecule has 0 aliphatic rings. The zero-order valence-electron chi connectivity index (χ0n) is 9.93. The lowest BCUT2D eigenvalue weighted by molar-refractivity contribution is -0.136. The number of hydrogen-bond donors (Lipinski definition) is 2. The van der Waals surface area contributed by atoms with Crippen LogP contribution in [0.1, 0.15) is 5.56 Å². The van der Waals surface area contributed by atoms with Crippen LogP contribution in [-0.4, -0.2) is 0 Å². The van der Waals surface area contributed by atoms with Gasteiger partial charge in [-0.05, 0) is 36.4 Å². The molecule has 0 unspecified atom stereocenters. The zero-order chi connectivity index (χ0) is 14.9. The summed E-state index contributed by atoms with van der Waals surface area (Å²) < 4.78 is 51.6. The van der Waals surface area contributed by atoms with Crippen LogP contribution < -0.4 is 11.1 Å². The SMILES string of the molecule is Nc1ccc(Nc2cc(Cl)ccc2F)cc1C(F)(F)F. The molecule has 106 valence electrons. The monoisotopic (exact) mass is 304 g/mol. The first kappa shape index (κ1) is 14.5. The van der Waals surface area contributed by atoms with Gasteiger partial charge in [0.1, 0.15) is 5.82 Å². The standard InChI is InChI=1S/C13H9ClF4N2/c14-7-1-3-10(15)12(5-7)20-8-2-4-11(19)9(6-8)13(16,17)18/h1-6,20H,19H2. The maximum Gasteiger partial charge on any atom is 0.418 e. The van der Waals surface area contributed by atoms with Gasteiger partial charge in [-0.1, -0.05) is 11.6 Å². The molecule has 0 saturated carbocycles. The third-order valence-electron chi connectivity index (χ3n) is 2.57. The third-order valence-corrected chi connectivity index (χ3v) is 2.80. The number of benzene rings is 2. The van der Waals surface area contributed by atoms with Gasteiger partial charge < -0.3 is 11.1 Å². The molecule has 0 atom stereocenters. The van der Waals surface area contributed by atoms with Gasteiger partial charge in [0.05, 0.1) is 11.3 Å². The van der Waals surface area contributed by atoms with Gasteiger partial charge in [0.2, 0.25) is 0 Å². The van der Waals surface area contributed by atoms with Crippen LogP contribution in [0.15, 0.2) is 36.4 Å². The second-order valence-corrected chi connectivity index (χ2v) is 4.49. The van der Waals surface area contributed by atoms with E-state index in [0.29, 0.717) is 0 Å². The van der Waals surface area contributed by atoms with Crippen molar-refractivity contribution in [2.45, 2.75) is 6.18 Å². The van der Waals surface area contributed by atoms with Crippen molar-refractivity contribution < 1.29 is 17.6 Å². The maximum absolute atomic E-state index is 13.5. The van der Waals surface area contributed by atoms with Gasteiger partial charge in [0, 0.05) is 16.4 Å². The number of nitrogen functional groups attached to an aromatic ring is 1. The van der Waals surface area contributed by atoms with E-state index in [0.717, 1.165) is 18.2 Å². The number of nitrogens with one attached hydrogen (secondary N) is 1. The molecule has 0 aromatic heterocycles. The number of halogens is 5. The molecule has 20 heavy (non-hydrogen) atoms. The summed E-state index contributed by atoms with van der Waals surface area (Å²) in [5.74, 6) is -0.625. The Morgan fingerprint density at radius 1 is 1.05 bits per heavy atom. The molecule has 3 N–H and O–H groups in total. The summed E-state index contributed by atoms with van der Waals surface area (Å²) in [7, 11) is 0. The van der Waals surface area contributed by atoms with Crippen molar-refractivity contribution in [1.82, 2.24) is 0 Å². The van der Waals surface area contributed by atoms with Crippen molar-refractivity contribution in [3.63, 3.8) is 0 Å². The van der Waals surface area contributed by atoms with E-state index in [1.165, 1.54) is 18.2 Å². The smallest absolute Gasteiger partial charge is 0.398 e. The first-order valence-electron chi connectivity index (χ1n) is 5.46. The largest absolute Gasteiger partial charge is 0.418 e. The van der Waals surface area contributed by atoms with E-state index in [1.807, 2.05) is 0 Å². The highest BCUT2D eigenvalue weighted by Crippen LogP contribution is 2.36. The van der Waals surface area contributed by atoms with Crippen LogP contribution in [0.4, 0.5) is 34.6 Å². The summed E-state index contributed by atoms with van der Waals surface area (Å²) in [4.78, 5) is 0. The average molecular weight is 305 g/mol. The molecule has 0 aliphatic heterocycles. The van der Waals surface area contributed by atoms with E-state index in [9.17, 15) is 17.6 Å². The van der Waals surface area contributed by atoms with E-state index < -0.39 is 23.2 Å². The van der Waals surface area contributed by atoms with Crippen molar-refractivity contribution >= 4 is 28.7 Å². The topological polar surface area (TPSA) is 38.0 Å². The lowest BCUT2D eigenvalue weighted by atomic mass is 10.1. The number of alkyl halides is 3. The molecule has 0 fully saturated rings. The Bertz CT molecular complexity index is 641. The Morgan fingerprint density at radius 3 is 2.40 bits per heavy atom. The van der Waals surface area contributed by atoms with Crippen LogP contribution in [0.2, 0.25) is 5.02 Å². The van der Waals surface area contributed by atoms with Gasteiger partial charge >= 0.3 is 6.18 Å². The predicted octanol–water partition coefficient (Wildman–Crippen LogP) is 4.82. The van der Waals surface area contributed by atoms with Crippen LogP contribution in [-0.2, 0) is 6.18 Å². The molecular weight excluding hydrogens is 296 g/mol. The van der Waals surface area contributed by atoms with Crippen molar-refractivity contribution in [3.05, 3.63) is 52.8 Å².